The number of aromatic nitrogens is 1. The SMILES string of the molecule is COc1ccc(COC(=O)c2cc3c([nH]c2=O)CCCC3=O)cc1. The molecule has 0 radical (unpaired) electrons. The highest BCUT2D eigenvalue weighted by atomic mass is 16.5. The second-order valence-electron chi connectivity index (χ2n) is 5.61. The van der Waals surface area contributed by atoms with Gasteiger partial charge in [0.1, 0.15) is 17.9 Å². The molecule has 0 bridgehead atoms. The number of ether oxygens (including phenoxy) is 2. The Labute approximate surface area is 138 Å². The van der Waals surface area contributed by atoms with Gasteiger partial charge in [0, 0.05) is 17.7 Å². The van der Waals surface area contributed by atoms with Crippen LogP contribution in [0.2, 0.25) is 0 Å². The van der Waals surface area contributed by atoms with Gasteiger partial charge < -0.3 is 14.5 Å². The van der Waals surface area contributed by atoms with Crippen LogP contribution < -0.4 is 10.3 Å². The number of hydrogen-bond donors (Lipinski definition) is 1. The van der Waals surface area contributed by atoms with Crippen LogP contribution in [0.5, 0.6) is 5.75 Å². The van der Waals surface area contributed by atoms with Crippen LogP contribution in [-0.2, 0) is 17.8 Å². The molecule has 24 heavy (non-hydrogen) atoms. The van der Waals surface area contributed by atoms with Crippen molar-refractivity contribution in [3.05, 3.63) is 63.1 Å². The van der Waals surface area contributed by atoms with Crippen molar-refractivity contribution in [1.82, 2.24) is 4.98 Å². The Hall–Kier alpha value is -2.89. The number of aromatic amines is 1. The van der Waals surface area contributed by atoms with Crippen molar-refractivity contribution in [3.8, 4) is 5.75 Å². The van der Waals surface area contributed by atoms with Crippen LogP contribution in [-0.4, -0.2) is 23.8 Å². The number of fused-ring (bicyclic) bond motifs is 1. The standard InChI is InChI=1S/C18H17NO5/c1-23-12-7-5-11(6-8-12)10-24-18(22)14-9-13-15(19-17(14)21)3-2-4-16(13)20/h5-9H,2-4,10H2,1H3,(H,19,21). The summed E-state index contributed by atoms with van der Waals surface area (Å²) in [7, 11) is 1.57. The average Bonchev–Trinajstić information content (AvgIpc) is 2.60. The highest BCUT2D eigenvalue weighted by Crippen LogP contribution is 2.19. The lowest BCUT2D eigenvalue weighted by molar-refractivity contribution is 0.0470. The van der Waals surface area contributed by atoms with Crippen molar-refractivity contribution < 1.29 is 19.1 Å². The van der Waals surface area contributed by atoms with Crippen LogP contribution in [0.25, 0.3) is 0 Å². The van der Waals surface area contributed by atoms with E-state index in [0.717, 1.165) is 5.56 Å². The van der Waals surface area contributed by atoms with Gasteiger partial charge in [-0.1, -0.05) is 12.1 Å². The van der Waals surface area contributed by atoms with E-state index in [4.69, 9.17) is 9.47 Å². The summed E-state index contributed by atoms with van der Waals surface area (Å²) in [6, 6.07) is 8.41. The van der Waals surface area contributed by atoms with Crippen molar-refractivity contribution in [2.45, 2.75) is 25.9 Å². The zero-order valence-electron chi connectivity index (χ0n) is 13.3. The predicted molar refractivity (Wildman–Crippen MR) is 86.4 cm³/mol. The first-order chi connectivity index (χ1) is 11.6. The Morgan fingerprint density at radius 2 is 1.92 bits per heavy atom. The molecule has 1 aliphatic carbocycles. The van der Waals surface area contributed by atoms with E-state index in [9.17, 15) is 14.4 Å². The molecule has 0 atom stereocenters. The topological polar surface area (TPSA) is 85.5 Å². The molecule has 0 spiro atoms. The molecule has 0 aliphatic heterocycles. The summed E-state index contributed by atoms with van der Waals surface area (Å²) in [6.07, 6.45) is 1.78. The Kier molecular flexibility index (Phi) is 4.46. The number of aryl methyl sites for hydroxylation is 1. The van der Waals surface area contributed by atoms with Crippen LogP contribution in [0.15, 0.2) is 35.1 Å². The monoisotopic (exact) mass is 327 g/mol. The number of pyridine rings is 1. The van der Waals surface area contributed by atoms with Gasteiger partial charge in [-0.05, 0) is 36.6 Å². The molecule has 0 saturated heterocycles. The number of rotatable bonds is 4. The molecule has 1 N–H and O–H groups in total. The zero-order chi connectivity index (χ0) is 17.1. The van der Waals surface area contributed by atoms with Crippen LogP contribution in [0.4, 0.5) is 0 Å². The number of carbonyl (C=O) groups is 2. The minimum Gasteiger partial charge on any atom is -0.497 e. The number of ketones is 1. The number of Topliss-reactive ketones (excluding diaryl/α,β-unsaturated/α-hetero) is 1. The minimum atomic E-state index is -0.742. The Bertz CT molecular complexity index is 835. The molecule has 6 nitrogen and oxygen atoms in total. The molecule has 0 unspecified atom stereocenters. The van der Waals surface area contributed by atoms with E-state index in [1.54, 1.807) is 31.4 Å². The number of H-pyrrole nitrogens is 1. The van der Waals surface area contributed by atoms with Crippen molar-refractivity contribution >= 4 is 11.8 Å². The van der Waals surface area contributed by atoms with Crippen molar-refractivity contribution in [2.24, 2.45) is 0 Å². The third-order valence-corrected chi connectivity index (χ3v) is 4.00. The summed E-state index contributed by atoms with van der Waals surface area (Å²) < 4.78 is 10.2. The van der Waals surface area contributed by atoms with Gasteiger partial charge in [-0.2, -0.15) is 0 Å². The number of nitrogens with one attached hydrogen (secondary N) is 1. The van der Waals surface area contributed by atoms with E-state index in [2.05, 4.69) is 4.98 Å². The molecule has 0 amide bonds. The molecular weight excluding hydrogens is 310 g/mol. The highest BCUT2D eigenvalue weighted by Gasteiger charge is 2.22. The largest absolute Gasteiger partial charge is 0.497 e. The lowest BCUT2D eigenvalue weighted by atomic mass is 9.94. The molecule has 1 aliphatic rings. The molecule has 3 rings (SSSR count). The average molecular weight is 327 g/mol. The summed E-state index contributed by atoms with van der Waals surface area (Å²) in [5.41, 5.74) is 1.12. The van der Waals surface area contributed by atoms with E-state index in [-0.39, 0.29) is 18.0 Å². The second-order valence-corrected chi connectivity index (χ2v) is 5.61. The normalized spacial score (nSPS) is 13.3. The molecular formula is C18H17NO5. The van der Waals surface area contributed by atoms with E-state index in [1.807, 2.05) is 0 Å². The van der Waals surface area contributed by atoms with E-state index < -0.39 is 11.5 Å². The Morgan fingerprint density at radius 1 is 1.17 bits per heavy atom. The maximum atomic E-state index is 12.2. The molecule has 124 valence electrons. The third-order valence-electron chi connectivity index (χ3n) is 4.00. The molecule has 1 aromatic carbocycles. The third kappa shape index (κ3) is 3.22. The number of carbonyl (C=O) groups excluding carboxylic acids is 2. The van der Waals surface area contributed by atoms with Gasteiger partial charge in [-0.3, -0.25) is 9.59 Å². The quantitative estimate of drug-likeness (QED) is 0.871. The first-order valence-corrected chi connectivity index (χ1v) is 7.68. The fourth-order valence-electron chi connectivity index (χ4n) is 2.68. The van der Waals surface area contributed by atoms with Gasteiger partial charge in [-0.25, -0.2) is 4.79 Å². The number of hydrogen-bond acceptors (Lipinski definition) is 5. The summed E-state index contributed by atoms with van der Waals surface area (Å²) in [4.78, 5) is 38.8. The highest BCUT2D eigenvalue weighted by molar-refractivity contribution is 6.00. The van der Waals surface area contributed by atoms with Gasteiger partial charge >= 0.3 is 5.97 Å². The Balaban J connectivity index is 1.76. The minimum absolute atomic E-state index is 0.0350. The summed E-state index contributed by atoms with van der Waals surface area (Å²) in [5, 5.41) is 0. The van der Waals surface area contributed by atoms with Crippen molar-refractivity contribution in [2.75, 3.05) is 7.11 Å². The molecule has 1 aromatic heterocycles. The van der Waals surface area contributed by atoms with E-state index in [1.165, 1.54) is 6.07 Å². The zero-order valence-corrected chi connectivity index (χ0v) is 13.3. The first kappa shape index (κ1) is 16.0. The summed E-state index contributed by atoms with van der Waals surface area (Å²) in [6.45, 7) is 0.0350. The lowest BCUT2D eigenvalue weighted by Gasteiger charge is -2.14. The van der Waals surface area contributed by atoms with E-state index in [0.29, 0.717) is 36.3 Å². The Morgan fingerprint density at radius 3 is 2.62 bits per heavy atom. The fraction of sp³-hybridized carbons (Fsp3) is 0.278. The van der Waals surface area contributed by atoms with Crippen LogP contribution in [0.1, 0.15) is 44.8 Å². The van der Waals surface area contributed by atoms with Gasteiger partial charge in [0.05, 0.1) is 7.11 Å². The number of benzene rings is 1. The number of methoxy groups -OCH3 is 1. The lowest BCUT2D eigenvalue weighted by Crippen LogP contribution is -2.25. The van der Waals surface area contributed by atoms with Crippen LogP contribution in [0.3, 0.4) is 0 Å². The smallest absolute Gasteiger partial charge is 0.344 e. The maximum Gasteiger partial charge on any atom is 0.344 e. The van der Waals surface area contributed by atoms with E-state index >= 15 is 0 Å². The molecule has 0 saturated carbocycles. The van der Waals surface area contributed by atoms with Gasteiger partial charge in [-0.15, -0.1) is 0 Å². The molecule has 2 aromatic rings. The predicted octanol–water partition coefficient (Wildman–Crippen LogP) is 2.26. The molecule has 1 heterocycles. The van der Waals surface area contributed by atoms with Crippen LogP contribution in [0, 0.1) is 0 Å². The molecule has 0 fully saturated rings. The fourth-order valence-corrected chi connectivity index (χ4v) is 2.68. The summed E-state index contributed by atoms with van der Waals surface area (Å²) in [5.74, 6) is -0.0975. The van der Waals surface area contributed by atoms with Crippen molar-refractivity contribution in [3.63, 3.8) is 0 Å². The van der Waals surface area contributed by atoms with Gasteiger partial charge in [0.15, 0.2) is 5.78 Å². The second kappa shape index (κ2) is 6.70. The first-order valence-electron chi connectivity index (χ1n) is 7.68. The summed E-state index contributed by atoms with van der Waals surface area (Å²) >= 11 is 0. The number of esters is 1. The van der Waals surface area contributed by atoms with Gasteiger partial charge in [0.25, 0.3) is 5.56 Å². The van der Waals surface area contributed by atoms with Gasteiger partial charge in [0.2, 0.25) is 0 Å². The van der Waals surface area contributed by atoms with Crippen LogP contribution >= 0.6 is 0 Å². The van der Waals surface area contributed by atoms with Crippen molar-refractivity contribution in [1.29, 1.82) is 0 Å². The molecule has 6 heteroatoms. The maximum absolute atomic E-state index is 12.2.